The largest absolute Gasteiger partial charge is 0.462 e. The zero-order valence-electron chi connectivity index (χ0n) is 33.7. The van der Waals surface area contributed by atoms with Gasteiger partial charge < -0.3 is 14.6 Å². The minimum atomic E-state index is -0.837. The van der Waals surface area contributed by atoms with Gasteiger partial charge in [0.15, 0.2) is 6.10 Å². The van der Waals surface area contributed by atoms with E-state index < -0.39 is 12.1 Å². The van der Waals surface area contributed by atoms with Crippen LogP contribution in [-0.4, -0.2) is 36.4 Å². The molecule has 298 valence electrons. The van der Waals surface area contributed by atoms with Gasteiger partial charge in [0.2, 0.25) is 0 Å². The predicted octanol–water partition coefficient (Wildman–Crippen LogP) is 13.2. The molecule has 0 saturated heterocycles. The Balaban J connectivity index is 3.83. The highest BCUT2D eigenvalue weighted by molar-refractivity contribution is 5.70. The Hall–Kier alpha value is -4.22. The number of rotatable bonds is 34. The Morgan fingerprint density at radius 3 is 1.00 bits per heavy atom. The van der Waals surface area contributed by atoms with E-state index in [0.717, 1.165) is 89.9 Å². The zero-order chi connectivity index (χ0) is 39.3. The van der Waals surface area contributed by atoms with Gasteiger partial charge in [-0.1, -0.05) is 160 Å². The van der Waals surface area contributed by atoms with E-state index in [9.17, 15) is 14.7 Å². The van der Waals surface area contributed by atoms with E-state index in [2.05, 4.69) is 160 Å². The molecule has 0 aromatic carbocycles. The van der Waals surface area contributed by atoms with Crippen LogP contribution in [0.3, 0.4) is 0 Å². The normalized spacial score (nSPS) is 13.8. The second-order valence-electron chi connectivity index (χ2n) is 12.6. The number of aliphatic hydroxyl groups excluding tert-OH is 1. The lowest BCUT2D eigenvalue weighted by atomic mass is 10.2. The first-order valence-corrected chi connectivity index (χ1v) is 20.4. The van der Waals surface area contributed by atoms with E-state index in [1.165, 1.54) is 0 Å². The standard InChI is InChI=1S/C49H72O5/c1-3-5-7-9-11-13-15-17-19-21-22-23-24-25-26-28-30-32-34-36-38-40-42-44-49(52)54-47(45-50)46-53-48(51)43-41-39-37-35-33-31-29-27-20-18-16-14-12-10-8-6-4-2/h5-8,11-14,17-20,22-23,25-26,29-32,35-38,47,50H,3-4,9-10,15-16,21,24,27-28,33-34,39-46H2,1-2H3/b7-5-,8-6-,13-11-,14-12-,19-17-,20-18-,23-22-,26-25-,31-29-,32-30-,37-35-,38-36-. The van der Waals surface area contributed by atoms with Crippen LogP contribution in [0, 0.1) is 0 Å². The number of unbranched alkanes of at least 4 members (excludes halogenated alkanes) is 2. The van der Waals surface area contributed by atoms with Gasteiger partial charge in [0.1, 0.15) is 6.61 Å². The molecule has 0 spiro atoms. The summed E-state index contributed by atoms with van der Waals surface area (Å²) in [5.74, 6) is -0.747. The van der Waals surface area contributed by atoms with Crippen molar-refractivity contribution in [1.82, 2.24) is 0 Å². The summed E-state index contributed by atoms with van der Waals surface area (Å²) >= 11 is 0. The van der Waals surface area contributed by atoms with Crippen molar-refractivity contribution in [2.75, 3.05) is 13.2 Å². The molecule has 0 radical (unpaired) electrons. The number of allylic oxidation sites excluding steroid dienone is 24. The van der Waals surface area contributed by atoms with Gasteiger partial charge in [-0.2, -0.15) is 0 Å². The number of carbonyl (C=O) groups is 2. The van der Waals surface area contributed by atoms with Gasteiger partial charge in [0.25, 0.3) is 0 Å². The number of hydrogen-bond acceptors (Lipinski definition) is 5. The molecular formula is C49H72O5. The summed E-state index contributed by atoms with van der Waals surface area (Å²) in [5.41, 5.74) is 0. The highest BCUT2D eigenvalue weighted by Gasteiger charge is 2.15. The summed E-state index contributed by atoms with van der Waals surface area (Å²) in [5, 5.41) is 9.56. The molecule has 1 N–H and O–H groups in total. The maximum atomic E-state index is 12.2. The highest BCUT2D eigenvalue weighted by atomic mass is 16.6. The Morgan fingerprint density at radius 1 is 0.426 bits per heavy atom. The fourth-order valence-corrected chi connectivity index (χ4v) is 4.63. The van der Waals surface area contributed by atoms with E-state index in [0.29, 0.717) is 12.8 Å². The second kappa shape index (κ2) is 43.2. The molecule has 0 aliphatic heterocycles. The number of carbonyl (C=O) groups excluding carboxylic acids is 2. The van der Waals surface area contributed by atoms with Crippen LogP contribution in [0.15, 0.2) is 146 Å². The van der Waals surface area contributed by atoms with Crippen molar-refractivity contribution in [2.24, 2.45) is 0 Å². The van der Waals surface area contributed by atoms with Gasteiger partial charge in [-0.15, -0.1) is 0 Å². The monoisotopic (exact) mass is 741 g/mol. The Morgan fingerprint density at radius 2 is 0.704 bits per heavy atom. The highest BCUT2D eigenvalue weighted by Crippen LogP contribution is 2.06. The van der Waals surface area contributed by atoms with Gasteiger partial charge in [-0.3, -0.25) is 9.59 Å². The summed E-state index contributed by atoms with van der Waals surface area (Å²) in [6.07, 6.45) is 66.3. The third kappa shape index (κ3) is 40.5. The maximum absolute atomic E-state index is 12.2. The van der Waals surface area contributed by atoms with Crippen molar-refractivity contribution in [2.45, 2.75) is 136 Å². The van der Waals surface area contributed by atoms with Crippen LogP contribution in [-0.2, 0) is 19.1 Å². The number of esters is 2. The summed E-state index contributed by atoms with van der Waals surface area (Å²) in [7, 11) is 0. The minimum absolute atomic E-state index is 0.130. The summed E-state index contributed by atoms with van der Waals surface area (Å²) < 4.78 is 10.5. The SMILES string of the molecule is CC/C=C\C/C=C\C/C=C\C/C=C\C/C=C\C/C=C\C/C=C\CCCC(=O)OC(CO)COC(=O)CCC/C=C\C/C=C\C/C=C\C/C=C\C/C=C\CC. The lowest BCUT2D eigenvalue weighted by Crippen LogP contribution is -2.28. The van der Waals surface area contributed by atoms with Crippen LogP contribution in [0.4, 0.5) is 0 Å². The van der Waals surface area contributed by atoms with Crippen molar-refractivity contribution in [1.29, 1.82) is 0 Å². The van der Waals surface area contributed by atoms with Gasteiger partial charge in [-0.25, -0.2) is 0 Å². The fourth-order valence-electron chi connectivity index (χ4n) is 4.63. The van der Waals surface area contributed by atoms with Crippen LogP contribution in [0.1, 0.15) is 129 Å². The van der Waals surface area contributed by atoms with Gasteiger partial charge in [0.05, 0.1) is 6.61 Å². The second-order valence-corrected chi connectivity index (χ2v) is 12.6. The molecule has 0 aromatic heterocycles. The van der Waals surface area contributed by atoms with Gasteiger partial charge in [-0.05, 0) is 103 Å². The van der Waals surface area contributed by atoms with Crippen molar-refractivity contribution in [3.05, 3.63) is 146 Å². The molecule has 1 atom stereocenters. The fraction of sp³-hybridized carbons (Fsp3) is 0.469. The first-order chi connectivity index (χ1) is 26.6. The van der Waals surface area contributed by atoms with E-state index in [1.807, 2.05) is 0 Å². The Kier molecular flexibility index (Phi) is 39.8. The van der Waals surface area contributed by atoms with Gasteiger partial charge >= 0.3 is 11.9 Å². The summed E-state index contributed by atoms with van der Waals surface area (Å²) in [6, 6.07) is 0. The molecule has 0 aliphatic carbocycles. The molecule has 0 aromatic rings. The van der Waals surface area contributed by atoms with Crippen molar-refractivity contribution >= 4 is 11.9 Å². The first kappa shape index (κ1) is 49.8. The quantitative estimate of drug-likeness (QED) is 0.0404. The first-order valence-electron chi connectivity index (χ1n) is 20.4. The molecular weight excluding hydrogens is 669 g/mol. The third-order valence-corrected chi connectivity index (χ3v) is 7.63. The molecule has 5 heteroatoms. The van der Waals surface area contributed by atoms with E-state index in [-0.39, 0.29) is 32.0 Å². The Bertz CT molecular complexity index is 1250. The third-order valence-electron chi connectivity index (χ3n) is 7.63. The number of ether oxygens (including phenoxy) is 2. The Labute approximate surface area is 329 Å². The lowest BCUT2D eigenvalue weighted by molar-refractivity contribution is -0.161. The average Bonchev–Trinajstić information content (AvgIpc) is 3.17. The number of hydrogen-bond donors (Lipinski definition) is 1. The van der Waals surface area contributed by atoms with Crippen LogP contribution >= 0.6 is 0 Å². The van der Waals surface area contributed by atoms with E-state index in [1.54, 1.807) is 0 Å². The molecule has 0 rings (SSSR count). The van der Waals surface area contributed by atoms with Crippen LogP contribution in [0.2, 0.25) is 0 Å². The molecule has 0 saturated carbocycles. The lowest BCUT2D eigenvalue weighted by Gasteiger charge is -2.15. The molecule has 0 bridgehead atoms. The van der Waals surface area contributed by atoms with Crippen molar-refractivity contribution < 1.29 is 24.2 Å². The van der Waals surface area contributed by atoms with Crippen molar-refractivity contribution in [3.63, 3.8) is 0 Å². The predicted molar refractivity (Wildman–Crippen MR) is 232 cm³/mol. The van der Waals surface area contributed by atoms with Crippen LogP contribution < -0.4 is 0 Å². The molecule has 0 aliphatic rings. The molecule has 5 nitrogen and oxygen atoms in total. The molecule has 0 amide bonds. The summed E-state index contributed by atoms with van der Waals surface area (Å²) in [4.78, 5) is 24.3. The minimum Gasteiger partial charge on any atom is -0.462 e. The molecule has 54 heavy (non-hydrogen) atoms. The van der Waals surface area contributed by atoms with Crippen LogP contribution in [0.25, 0.3) is 0 Å². The van der Waals surface area contributed by atoms with E-state index >= 15 is 0 Å². The zero-order valence-corrected chi connectivity index (χ0v) is 33.7. The van der Waals surface area contributed by atoms with E-state index in [4.69, 9.17) is 9.47 Å². The molecule has 1 unspecified atom stereocenters. The van der Waals surface area contributed by atoms with Gasteiger partial charge in [0, 0.05) is 12.8 Å². The smallest absolute Gasteiger partial charge is 0.306 e. The summed E-state index contributed by atoms with van der Waals surface area (Å²) in [6.45, 7) is 3.78. The van der Waals surface area contributed by atoms with Crippen molar-refractivity contribution in [3.8, 4) is 0 Å². The molecule has 0 fully saturated rings. The average molecular weight is 741 g/mol. The van der Waals surface area contributed by atoms with Crippen LogP contribution in [0.5, 0.6) is 0 Å². The number of aliphatic hydroxyl groups is 1. The molecule has 0 heterocycles. The topological polar surface area (TPSA) is 72.8 Å². The maximum Gasteiger partial charge on any atom is 0.306 e.